The smallest absolute Gasteiger partial charge is 0.220 e. The van der Waals surface area contributed by atoms with E-state index < -0.39 is 0 Å². The fourth-order valence-corrected chi connectivity index (χ4v) is 2.82. The predicted molar refractivity (Wildman–Crippen MR) is 91.4 cm³/mol. The van der Waals surface area contributed by atoms with E-state index in [1.54, 1.807) is 0 Å². The summed E-state index contributed by atoms with van der Waals surface area (Å²) in [6.07, 6.45) is 5.84. The van der Waals surface area contributed by atoms with Crippen LogP contribution in [0.25, 0.3) is 0 Å². The molecule has 2 N–H and O–H groups in total. The highest BCUT2D eigenvalue weighted by atomic mass is 16.1. The second kappa shape index (κ2) is 9.04. The molecule has 2 heteroatoms. The molecule has 0 aliphatic carbocycles. The van der Waals surface area contributed by atoms with Gasteiger partial charge in [0.1, 0.15) is 0 Å². The third-order valence-corrected chi connectivity index (χ3v) is 4.12. The molecule has 0 heterocycles. The summed E-state index contributed by atoms with van der Waals surface area (Å²) in [5.74, 6) is -0.145. The first-order valence-electron chi connectivity index (χ1n) is 8.13. The van der Waals surface area contributed by atoms with Crippen molar-refractivity contribution in [1.82, 2.24) is 0 Å². The van der Waals surface area contributed by atoms with Crippen LogP contribution in [0.15, 0.2) is 60.7 Å². The van der Waals surface area contributed by atoms with E-state index in [4.69, 9.17) is 5.73 Å². The number of hydrogen-bond donors (Lipinski definition) is 1. The molecule has 0 saturated carbocycles. The maximum atomic E-state index is 11.6. The number of rotatable bonds is 9. The maximum Gasteiger partial charge on any atom is 0.220 e. The molecule has 0 unspecified atom stereocenters. The lowest BCUT2D eigenvalue weighted by Crippen LogP contribution is -2.23. The van der Waals surface area contributed by atoms with Gasteiger partial charge in [-0.3, -0.25) is 4.79 Å². The van der Waals surface area contributed by atoms with E-state index in [-0.39, 0.29) is 11.8 Å². The molecule has 1 amide bonds. The molecule has 0 aliphatic heterocycles. The van der Waals surface area contributed by atoms with E-state index in [1.165, 1.54) is 11.1 Å². The van der Waals surface area contributed by atoms with Crippen LogP contribution in [0, 0.1) is 5.92 Å². The molecule has 0 aliphatic rings. The summed E-state index contributed by atoms with van der Waals surface area (Å²) < 4.78 is 0. The standard InChI is InChI=1S/C20H25NO/c21-20(22)19(15-7-13-17-9-3-1-4-10-17)16-8-14-18-11-5-2-6-12-18/h1-6,9-12,19H,7-8,13-16H2,(H2,21,22). The van der Waals surface area contributed by atoms with Crippen molar-refractivity contribution in [3.8, 4) is 0 Å². The molecular formula is C20H25NO. The molecule has 0 atom stereocenters. The zero-order valence-electron chi connectivity index (χ0n) is 13.1. The van der Waals surface area contributed by atoms with Crippen LogP contribution in [-0.4, -0.2) is 5.91 Å². The van der Waals surface area contributed by atoms with Crippen LogP contribution >= 0.6 is 0 Å². The second-order valence-corrected chi connectivity index (χ2v) is 5.85. The minimum atomic E-state index is -0.152. The first-order valence-corrected chi connectivity index (χ1v) is 8.13. The molecule has 0 aromatic heterocycles. The zero-order valence-corrected chi connectivity index (χ0v) is 13.1. The fourth-order valence-electron chi connectivity index (χ4n) is 2.82. The average Bonchev–Trinajstić information content (AvgIpc) is 2.55. The highest BCUT2D eigenvalue weighted by molar-refractivity contribution is 5.76. The lowest BCUT2D eigenvalue weighted by atomic mass is 9.93. The van der Waals surface area contributed by atoms with Crippen molar-refractivity contribution in [3.63, 3.8) is 0 Å². The monoisotopic (exact) mass is 295 g/mol. The van der Waals surface area contributed by atoms with Gasteiger partial charge in [-0.2, -0.15) is 0 Å². The Balaban J connectivity index is 1.72. The van der Waals surface area contributed by atoms with Crippen LogP contribution in [0.1, 0.15) is 36.8 Å². The van der Waals surface area contributed by atoms with Crippen LogP contribution in [0.5, 0.6) is 0 Å². The van der Waals surface area contributed by atoms with Crippen molar-refractivity contribution in [1.29, 1.82) is 0 Å². The summed E-state index contributed by atoms with van der Waals surface area (Å²) in [7, 11) is 0. The van der Waals surface area contributed by atoms with Gasteiger partial charge in [0.25, 0.3) is 0 Å². The van der Waals surface area contributed by atoms with Crippen LogP contribution in [0.3, 0.4) is 0 Å². The molecule has 0 bridgehead atoms. The summed E-state index contributed by atoms with van der Waals surface area (Å²) >= 11 is 0. The number of aryl methyl sites for hydroxylation is 2. The Bertz CT molecular complexity index is 505. The third kappa shape index (κ3) is 5.72. The molecule has 2 aromatic rings. The highest BCUT2D eigenvalue weighted by Gasteiger charge is 2.14. The molecule has 0 radical (unpaired) electrons. The van der Waals surface area contributed by atoms with Crippen molar-refractivity contribution >= 4 is 5.91 Å². The molecule has 2 nitrogen and oxygen atoms in total. The topological polar surface area (TPSA) is 43.1 Å². The third-order valence-electron chi connectivity index (χ3n) is 4.12. The van der Waals surface area contributed by atoms with Gasteiger partial charge in [0.05, 0.1) is 0 Å². The van der Waals surface area contributed by atoms with Crippen LogP contribution in [0.2, 0.25) is 0 Å². The Labute approximate surface area is 133 Å². The van der Waals surface area contributed by atoms with Gasteiger partial charge in [0, 0.05) is 5.92 Å². The van der Waals surface area contributed by atoms with Crippen LogP contribution in [0.4, 0.5) is 0 Å². The predicted octanol–water partition coefficient (Wildman–Crippen LogP) is 4.13. The number of carbonyl (C=O) groups excluding carboxylic acids is 1. The number of hydrogen-bond acceptors (Lipinski definition) is 1. The average molecular weight is 295 g/mol. The first kappa shape index (κ1) is 16.3. The van der Waals surface area contributed by atoms with E-state index in [9.17, 15) is 4.79 Å². The fraction of sp³-hybridized carbons (Fsp3) is 0.350. The highest BCUT2D eigenvalue weighted by Crippen LogP contribution is 2.17. The number of amides is 1. The van der Waals surface area contributed by atoms with E-state index >= 15 is 0 Å². The van der Waals surface area contributed by atoms with E-state index in [0.29, 0.717) is 0 Å². The molecule has 2 rings (SSSR count). The Morgan fingerprint density at radius 1 is 0.773 bits per heavy atom. The van der Waals surface area contributed by atoms with Gasteiger partial charge in [-0.1, -0.05) is 60.7 Å². The Hall–Kier alpha value is -2.09. The molecule has 0 saturated heterocycles. The van der Waals surface area contributed by atoms with Gasteiger partial charge >= 0.3 is 0 Å². The first-order chi connectivity index (χ1) is 10.8. The summed E-state index contributed by atoms with van der Waals surface area (Å²) in [6, 6.07) is 20.8. The summed E-state index contributed by atoms with van der Waals surface area (Å²) in [6.45, 7) is 0. The Morgan fingerprint density at radius 2 is 1.18 bits per heavy atom. The number of primary amides is 1. The summed E-state index contributed by atoms with van der Waals surface area (Å²) in [5, 5.41) is 0. The number of carbonyl (C=O) groups is 1. The molecule has 0 fully saturated rings. The molecule has 2 aromatic carbocycles. The van der Waals surface area contributed by atoms with Gasteiger partial charge in [0.2, 0.25) is 5.91 Å². The van der Waals surface area contributed by atoms with E-state index in [2.05, 4.69) is 48.5 Å². The van der Waals surface area contributed by atoms with Crippen molar-refractivity contribution in [2.24, 2.45) is 11.7 Å². The van der Waals surface area contributed by atoms with Gasteiger partial charge < -0.3 is 5.73 Å². The van der Waals surface area contributed by atoms with Crippen molar-refractivity contribution in [2.45, 2.75) is 38.5 Å². The lowest BCUT2D eigenvalue weighted by molar-refractivity contribution is -0.122. The van der Waals surface area contributed by atoms with Gasteiger partial charge in [-0.15, -0.1) is 0 Å². The molecule has 0 spiro atoms. The van der Waals surface area contributed by atoms with Crippen LogP contribution < -0.4 is 5.73 Å². The quantitative estimate of drug-likeness (QED) is 0.742. The van der Waals surface area contributed by atoms with Crippen molar-refractivity contribution < 1.29 is 4.79 Å². The second-order valence-electron chi connectivity index (χ2n) is 5.85. The number of nitrogens with two attached hydrogens (primary N) is 1. The normalized spacial score (nSPS) is 10.8. The van der Waals surface area contributed by atoms with Crippen LogP contribution in [-0.2, 0) is 17.6 Å². The number of benzene rings is 2. The van der Waals surface area contributed by atoms with Gasteiger partial charge in [0.15, 0.2) is 0 Å². The molecule has 116 valence electrons. The molecular weight excluding hydrogens is 270 g/mol. The SMILES string of the molecule is NC(=O)C(CCCc1ccccc1)CCCc1ccccc1. The van der Waals surface area contributed by atoms with Gasteiger partial charge in [-0.25, -0.2) is 0 Å². The summed E-state index contributed by atoms with van der Waals surface area (Å²) in [5.41, 5.74) is 8.21. The minimum absolute atomic E-state index is 0.00687. The zero-order chi connectivity index (χ0) is 15.6. The van der Waals surface area contributed by atoms with E-state index in [1.807, 2.05) is 12.1 Å². The van der Waals surface area contributed by atoms with Gasteiger partial charge in [-0.05, 0) is 49.7 Å². The van der Waals surface area contributed by atoms with E-state index in [0.717, 1.165) is 38.5 Å². The minimum Gasteiger partial charge on any atom is -0.369 e. The Morgan fingerprint density at radius 3 is 1.55 bits per heavy atom. The lowest BCUT2D eigenvalue weighted by Gasteiger charge is -2.13. The molecule has 22 heavy (non-hydrogen) atoms. The van der Waals surface area contributed by atoms with Crippen molar-refractivity contribution in [3.05, 3.63) is 71.8 Å². The Kier molecular flexibility index (Phi) is 6.69. The summed E-state index contributed by atoms with van der Waals surface area (Å²) in [4.78, 5) is 11.6. The largest absolute Gasteiger partial charge is 0.369 e. The maximum absolute atomic E-state index is 11.6. The van der Waals surface area contributed by atoms with Crippen molar-refractivity contribution in [2.75, 3.05) is 0 Å².